The van der Waals surface area contributed by atoms with Gasteiger partial charge in [-0.3, -0.25) is 5.10 Å². The second-order valence-corrected chi connectivity index (χ2v) is 2.66. The molecule has 0 saturated carbocycles. The number of H-pyrrole nitrogens is 1. The summed E-state index contributed by atoms with van der Waals surface area (Å²) in [4.78, 5) is 14.5. The zero-order valence-electron chi connectivity index (χ0n) is 7.31. The van der Waals surface area contributed by atoms with Crippen LogP contribution in [0.15, 0.2) is 12.3 Å². The van der Waals surface area contributed by atoms with Crippen molar-refractivity contribution in [2.75, 3.05) is 7.11 Å². The molecule has 0 aliphatic heterocycles. The molecule has 6 nitrogen and oxygen atoms in total. The molecule has 2 aromatic rings. The summed E-state index contributed by atoms with van der Waals surface area (Å²) < 4.78 is 4.93. The fourth-order valence-corrected chi connectivity index (χ4v) is 1.15. The van der Waals surface area contributed by atoms with Gasteiger partial charge in [-0.25, -0.2) is 9.78 Å². The largest absolute Gasteiger partial charge is 0.479 e. The van der Waals surface area contributed by atoms with Crippen LogP contribution in [0.1, 0.15) is 10.4 Å². The first-order valence-corrected chi connectivity index (χ1v) is 3.84. The number of nitrogens with zero attached hydrogens (tertiary/aromatic N) is 2. The Hall–Kier alpha value is -2.11. The number of nitrogens with one attached hydrogen (secondary N) is 1. The number of aromatic amines is 1. The van der Waals surface area contributed by atoms with Crippen LogP contribution in [0, 0.1) is 0 Å². The van der Waals surface area contributed by atoms with Crippen LogP contribution < -0.4 is 4.74 Å². The predicted molar refractivity (Wildman–Crippen MR) is 47.4 cm³/mol. The van der Waals surface area contributed by atoms with Gasteiger partial charge in [-0.15, -0.1) is 5.10 Å². The van der Waals surface area contributed by atoms with Crippen LogP contribution in [0.4, 0.5) is 0 Å². The highest BCUT2D eigenvalue weighted by Crippen LogP contribution is 2.21. The molecule has 2 aromatic heterocycles. The molecule has 2 rings (SSSR count). The molecule has 0 aliphatic rings. The lowest BCUT2D eigenvalue weighted by Crippen LogP contribution is -1.96. The summed E-state index contributed by atoms with van der Waals surface area (Å²) in [5.74, 6) is -0.682. The molecule has 2 heterocycles. The SMILES string of the molecule is COc1n[nH]c2ncc(C(=O)O)cc12. The van der Waals surface area contributed by atoms with Gasteiger partial charge >= 0.3 is 5.97 Å². The predicted octanol–water partition coefficient (Wildman–Crippen LogP) is 0.665. The van der Waals surface area contributed by atoms with E-state index in [1.165, 1.54) is 19.4 Å². The fraction of sp³-hybridized carbons (Fsp3) is 0.125. The molecule has 0 bridgehead atoms. The number of aromatic nitrogens is 3. The van der Waals surface area contributed by atoms with Crippen LogP contribution in [0.25, 0.3) is 11.0 Å². The zero-order valence-corrected chi connectivity index (χ0v) is 7.31. The molecule has 14 heavy (non-hydrogen) atoms. The van der Waals surface area contributed by atoms with Crippen molar-refractivity contribution < 1.29 is 14.6 Å². The Morgan fingerprint density at radius 3 is 3.07 bits per heavy atom. The zero-order chi connectivity index (χ0) is 10.1. The lowest BCUT2D eigenvalue weighted by atomic mass is 10.2. The second kappa shape index (κ2) is 2.99. The topological polar surface area (TPSA) is 88.1 Å². The van der Waals surface area contributed by atoms with Crippen LogP contribution in [0.5, 0.6) is 5.88 Å². The fourth-order valence-electron chi connectivity index (χ4n) is 1.15. The van der Waals surface area contributed by atoms with Gasteiger partial charge in [0.15, 0.2) is 5.65 Å². The van der Waals surface area contributed by atoms with E-state index in [-0.39, 0.29) is 5.56 Å². The minimum atomic E-state index is -1.03. The Kier molecular flexibility index (Phi) is 1.81. The molecule has 0 amide bonds. The maximum Gasteiger partial charge on any atom is 0.337 e. The summed E-state index contributed by atoms with van der Waals surface area (Å²) in [6.07, 6.45) is 1.27. The normalized spacial score (nSPS) is 10.4. The molecule has 0 aromatic carbocycles. The standard InChI is InChI=1S/C8H7N3O3/c1-14-7-5-2-4(8(12)13)3-9-6(5)10-11-7/h2-3H,1H3,(H,12,13)(H,9,10,11). The Bertz CT molecular complexity index is 492. The van der Waals surface area contributed by atoms with Crippen molar-refractivity contribution in [1.29, 1.82) is 0 Å². The number of ether oxygens (including phenoxy) is 1. The van der Waals surface area contributed by atoms with E-state index in [9.17, 15) is 4.79 Å². The molecule has 0 aliphatic carbocycles. The van der Waals surface area contributed by atoms with Crippen LogP contribution in [-0.4, -0.2) is 33.4 Å². The third-order valence-corrected chi connectivity index (χ3v) is 1.82. The Morgan fingerprint density at radius 1 is 1.64 bits per heavy atom. The molecule has 72 valence electrons. The maximum absolute atomic E-state index is 10.7. The van der Waals surface area contributed by atoms with Gasteiger partial charge in [0.1, 0.15) is 0 Å². The highest BCUT2D eigenvalue weighted by atomic mass is 16.5. The number of hydrogen-bond acceptors (Lipinski definition) is 4. The van der Waals surface area contributed by atoms with Gasteiger partial charge in [0.2, 0.25) is 5.88 Å². The number of carboxylic acids is 1. The molecule has 0 spiro atoms. The average molecular weight is 193 g/mol. The Morgan fingerprint density at radius 2 is 2.43 bits per heavy atom. The Balaban J connectivity index is 2.67. The van der Waals surface area contributed by atoms with E-state index in [0.29, 0.717) is 16.9 Å². The van der Waals surface area contributed by atoms with E-state index in [1.54, 1.807) is 0 Å². The van der Waals surface area contributed by atoms with Gasteiger partial charge in [0.05, 0.1) is 18.1 Å². The molecule has 0 unspecified atom stereocenters. The smallest absolute Gasteiger partial charge is 0.337 e. The van der Waals surface area contributed by atoms with Gasteiger partial charge in [-0.05, 0) is 6.07 Å². The maximum atomic E-state index is 10.7. The first-order chi connectivity index (χ1) is 6.72. The van der Waals surface area contributed by atoms with E-state index in [4.69, 9.17) is 9.84 Å². The third kappa shape index (κ3) is 1.17. The van der Waals surface area contributed by atoms with Gasteiger partial charge < -0.3 is 9.84 Å². The molecule has 6 heteroatoms. The Labute approximate surface area is 78.5 Å². The molecular weight excluding hydrogens is 186 g/mol. The molecule has 0 atom stereocenters. The first-order valence-electron chi connectivity index (χ1n) is 3.84. The molecule has 2 N–H and O–H groups in total. The van der Waals surface area contributed by atoms with Crippen molar-refractivity contribution in [3.63, 3.8) is 0 Å². The monoisotopic (exact) mass is 193 g/mol. The van der Waals surface area contributed by atoms with Crippen molar-refractivity contribution in [2.24, 2.45) is 0 Å². The van der Waals surface area contributed by atoms with Crippen molar-refractivity contribution in [2.45, 2.75) is 0 Å². The number of rotatable bonds is 2. The summed E-state index contributed by atoms with van der Waals surface area (Å²) in [5.41, 5.74) is 0.615. The van der Waals surface area contributed by atoms with Crippen LogP contribution in [0.3, 0.4) is 0 Å². The summed E-state index contributed by atoms with van der Waals surface area (Å²) in [6, 6.07) is 1.47. The summed E-state index contributed by atoms with van der Waals surface area (Å²) in [7, 11) is 1.46. The van der Waals surface area contributed by atoms with E-state index < -0.39 is 5.97 Å². The lowest BCUT2D eigenvalue weighted by molar-refractivity contribution is 0.0696. The molecule has 0 radical (unpaired) electrons. The number of methoxy groups -OCH3 is 1. The first kappa shape index (κ1) is 8.49. The van der Waals surface area contributed by atoms with Gasteiger partial charge in [-0.1, -0.05) is 0 Å². The highest BCUT2D eigenvalue weighted by Gasteiger charge is 2.10. The number of aromatic carboxylic acids is 1. The summed E-state index contributed by atoms with van der Waals surface area (Å²) in [6.45, 7) is 0. The van der Waals surface area contributed by atoms with Crippen molar-refractivity contribution >= 4 is 17.0 Å². The number of carbonyl (C=O) groups is 1. The van der Waals surface area contributed by atoms with E-state index in [0.717, 1.165) is 0 Å². The van der Waals surface area contributed by atoms with Crippen LogP contribution in [-0.2, 0) is 0 Å². The number of fused-ring (bicyclic) bond motifs is 1. The minimum absolute atomic E-state index is 0.109. The summed E-state index contributed by atoms with van der Waals surface area (Å²) in [5, 5.41) is 15.7. The number of carboxylic acid groups (broad SMARTS) is 1. The molecular formula is C8H7N3O3. The van der Waals surface area contributed by atoms with E-state index in [2.05, 4.69) is 15.2 Å². The van der Waals surface area contributed by atoms with Crippen molar-refractivity contribution in [3.05, 3.63) is 17.8 Å². The van der Waals surface area contributed by atoms with Gasteiger partial charge in [-0.2, -0.15) is 0 Å². The second-order valence-electron chi connectivity index (χ2n) is 2.66. The number of pyridine rings is 1. The minimum Gasteiger partial charge on any atom is -0.479 e. The van der Waals surface area contributed by atoms with Crippen LogP contribution in [0.2, 0.25) is 0 Å². The van der Waals surface area contributed by atoms with Crippen molar-refractivity contribution in [1.82, 2.24) is 15.2 Å². The van der Waals surface area contributed by atoms with E-state index in [1.807, 2.05) is 0 Å². The van der Waals surface area contributed by atoms with Gasteiger partial charge in [0.25, 0.3) is 0 Å². The lowest BCUT2D eigenvalue weighted by Gasteiger charge is -1.95. The van der Waals surface area contributed by atoms with E-state index >= 15 is 0 Å². The number of hydrogen-bond donors (Lipinski definition) is 2. The summed E-state index contributed by atoms with van der Waals surface area (Å²) >= 11 is 0. The average Bonchev–Trinajstić information content (AvgIpc) is 2.59. The molecule has 0 saturated heterocycles. The highest BCUT2D eigenvalue weighted by molar-refractivity contribution is 5.93. The van der Waals surface area contributed by atoms with Crippen LogP contribution >= 0.6 is 0 Å². The molecule has 0 fully saturated rings. The van der Waals surface area contributed by atoms with Gasteiger partial charge in [0, 0.05) is 6.20 Å². The third-order valence-electron chi connectivity index (χ3n) is 1.82. The quantitative estimate of drug-likeness (QED) is 0.731. The van der Waals surface area contributed by atoms with Crippen molar-refractivity contribution in [3.8, 4) is 5.88 Å².